The van der Waals surface area contributed by atoms with E-state index >= 15 is 0 Å². The van der Waals surface area contributed by atoms with E-state index in [1.165, 1.54) is 0 Å². The zero-order valence-electron chi connectivity index (χ0n) is 5.81. The fourth-order valence-electron chi connectivity index (χ4n) is 0.201. The second-order valence-corrected chi connectivity index (χ2v) is 3.04. The molecular weight excluding hydrogens is 173 g/mol. The van der Waals surface area contributed by atoms with E-state index in [-0.39, 0.29) is 0 Å². The number of phosphoric acid groups is 1. The Kier molecular flexibility index (Phi) is 3.25. The van der Waals surface area contributed by atoms with E-state index in [0.29, 0.717) is 0 Å². The van der Waals surface area contributed by atoms with Crippen LogP contribution in [0.2, 0.25) is 0 Å². The van der Waals surface area contributed by atoms with Gasteiger partial charge in [0.2, 0.25) is 0 Å². The molecule has 64 valence electrons. The molecule has 1 unspecified atom stereocenters. The predicted octanol–water partition coefficient (Wildman–Crippen LogP) is -0.251. The Morgan fingerprint density at radius 2 is 2.18 bits per heavy atom. The smallest absolute Gasteiger partial charge is 0.393 e. The van der Waals surface area contributed by atoms with Crippen LogP contribution < -0.4 is 5.73 Å². The zero-order valence-corrected chi connectivity index (χ0v) is 6.71. The number of carbonyl (C=O) groups excluding carboxylic acids is 1. The third kappa shape index (κ3) is 3.77. The Bertz CT molecular complexity index is 225. The molecule has 0 aromatic heterocycles. The van der Waals surface area contributed by atoms with Crippen LogP contribution in [0.1, 0.15) is 0 Å². The van der Waals surface area contributed by atoms with Crippen LogP contribution in [0.25, 0.3) is 0 Å². The molecule has 0 fully saturated rings. The summed E-state index contributed by atoms with van der Waals surface area (Å²) in [5.41, 5.74) is 4.38. The Morgan fingerprint density at radius 3 is 2.45 bits per heavy atom. The van der Waals surface area contributed by atoms with Crippen LogP contribution >= 0.6 is 7.82 Å². The minimum absolute atomic E-state index is 0.462. The van der Waals surface area contributed by atoms with E-state index < -0.39 is 19.5 Å². The highest BCUT2D eigenvalue weighted by Gasteiger charge is 2.24. The maximum Gasteiger partial charge on any atom is 0.529 e. The van der Waals surface area contributed by atoms with Crippen molar-refractivity contribution in [2.45, 2.75) is 0 Å². The molecule has 0 amide bonds. The minimum atomic E-state index is -4.27. The van der Waals surface area contributed by atoms with E-state index in [1.54, 1.807) is 0 Å². The number of nitrogens with two attached hydrogens (primary N) is 1. The highest BCUT2D eigenvalue weighted by atomic mass is 31.2. The lowest BCUT2D eigenvalue weighted by atomic mass is 10.5. The summed E-state index contributed by atoms with van der Waals surface area (Å²) < 4.78 is 18.3. The third-order valence-electron chi connectivity index (χ3n) is 0.691. The van der Waals surface area contributed by atoms with Crippen LogP contribution in [0.5, 0.6) is 0 Å². The van der Waals surface area contributed by atoms with Crippen LogP contribution in [0.3, 0.4) is 0 Å². The number of hydrogen-bond donors (Lipinski definition) is 2. The van der Waals surface area contributed by atoms with Crippen molar-refractivity contribution in [2.24, 2.45) is 5.73 Å². The molecule has 0 aromatic carbocycles. The molecule has 0 saturated heterocycles. The highest BCUT2D eigenvalue weighted by Crippen LogP contribution is 2.42. The summed E-state index contributed by atoms with van der Waals surface area (Å²) in [6.07, 6.45) is 0. The van der Waals surface area contributed by atoms with Gasteiger partial charge in [0.05, 0.1) is 0 Å². The van der Waals surface area contributed by atoms with Gasteiger partial charge in [-0.05, 0) is 0 Å². The lowest BCUT2D eigenvalue weighted by Gasteiger charge is -2.07. The van der Waals surface area contributed by atoms with Crippen molar-refractivity contribution in [3.05, 3.63) is 12.3 Å². The van der Waals surface area contributed by atoms with Gasteiger partial charge in [-0.3, -0.25) is 9.42 Å². The molecule has 0 aliphatic carbocycles. The average Bonchev–Trinajstić information content (AvgIpc) is 1.87. The molecule has 0 radical (unpaired) electrons. The van der Waals surface area contributed by atoms with Crippen molar-refractivity contribution in [1.29, 1.82) is 0 Å². The first-order valence-electron chi connectivity index (χ1n) is 2.46. The number of rotatable bonds is 3. The molecule has 0 saturated carbocycles. The monoisotopic (exact) mass is 181 g/mol. The molecule has 6 nitrogen and oxygen atoms in total. The second kappa shape index (κ2) is 3.52. The van der Waals surface area contributed by atoms with Crippen LogP contribution in [0.4, 0.5) is 0 Å². The van der Waals surface area contributed by atoms with Crippen LogP contribution in [-0.2, 0) is 18.4 Å². The topological polar surface area (TPSA) is 98.9 Å². The zero-order chi connectivity index (χ0) is 9.07. The Balaban J connectivity index is 4.16. The summed E-state index contributed by atoms with van der Waals surface area (Å²) in [6.45, 7) is 2.99. The fourth-order valence-corrected chi connectivity index (χ4v) is 0.602. The number of hydrogen-bond acceptors (Lipinski definition) is 5. The van der Waals surface area contributed by atoms with Crippen LogP contribution in [-0.4, -0.2) is 18.0 Å². The van der Waals surface area contributed by atoms with Gasteiger partial charge in [-0.1, -0.05) is 6.58 Å². The SMILES string of the molecule is C=C(N)C(=O)OP(=O)(O)OC. The molecule has 0 bridgehead atoms. The van der Waals surface area contributed by atoms with E-state index in [2.05, 4.69) is 15.6 Å². The van der Waals surface area contributed by atoms with Gasteiger partial charge in [-0.2, -0.15) is 0 Å². The molecule has 0 rings (SSSR count). The molecule has 0 aliphatic heterocycles. The largest absolute Gasteiger partial charge is 0.529 e. The molecule has 0 aliphatic rings. The van der Waals surface area contributed by atoms with Crippen LogP contribution in [0, 0.1) is 0 Å². The summed E-state index contributed by atoms with van der Waals surface area (Å²) in [5.74, 6) is -1.17. The normalized spacial score (nSPS) is 15.1. The molecule has 0 heterocycles. The van der Waals surface area contributed by atoms with Crippen molar-refractivity contribution in [2.75, 3.05) is 7.11 Å². The lowest BCUT2D eigenvalue weighted by Crippen LogP contribution is -2.12. The van der Waals surface area contributed by atoms with Gasteiger partial charge >= 0.3 is 13.8 Å². The molecule has 3 N–H and O–H groups in total. The van der Waals surface area contributed by atoms with Gasteiger partial charge in [0.15, 0.2) is 0 Å². The summed E-state index contributed by atoms with van der Waals surface area (Å²) in [7, 11) is -3.35. The maximum atomic E-state index is 10.5. The van der Waals surface area contributed by atoms with Crippen molar-refractivity contribution in [3.63, 3.8) is 0 Å². The van der Waals surface area contributed by atoms with Gasteiger partial charge < -0.3 is 10.3 Å². The van der Waals surface area contributed by atoms with Gasteiger partial charge in [-0.15, -0.1) is 0 Å². The van der Waals surface area contributed by atoms with Gasteiger partial charge in [-0.25, -0.2) is 9.36 Å². The minimum Gasteiger partial charge on any atom is -0.393 e. The third-order valence-corrected chi connectivity index (χ3v) is 1.55. The van der Waals surface area contributed by atoms with E-state index in [4.69, 9.17) is 10.6 Å². The Hall–Kier alpha value is -0.840. The Morgan fingerprint density at radius 1 is 1.73 bits per heavy atom. The highest BCUT2D eigenvalue weighted by molar-refractivity contribution is 7.48. The molecule has 0 aromatic rings. The summed E-state index contributed by atoms with van der Waals surface area (Å²) in [4.78, 5) is 19.0. The van der Waals surface area contributed by atoms with E-state index in [9.17, 15) is 9.36 Å². The van der Waals surface area contributed by atoms with Crippen molar-refractivity contribution in [1.82, 2.24) is 0 Å². The molecular formula is C4H8NO5P. The first-order valence-corrected chi connectivity index (χ1v) is 3.95. The quantitative estimate of drug-likeness (QED) is 0.460. The summed E-state index contributed by atoms with van der Waals surface area (Å²) in [5, 5.41) is 0. The average molecular weight is 181 g/mol. The molecule has 11 heavy (non-hydrogen) atoms. The van der Waals surface area contributed by atoms with Gasteiger partial charge in [0.1, 0.15) is 5.70 Å². The van der Waals surface area contributed by atoms with Gasteiger partial charge in [0, 0.05) is 7.11 Å². The first-order chi connectivity index (χ1) is 4.89. The molecule has 7 heteroatoms. The summed E-state index contributed by atoms with van der Waals surface area (Å²) >= 11 is 0. The number of phosphoric ester groups is 1. The van der Waals surface area contributed by atoms with Crippen LogP contribution in [0.15, 0.2) is 12.3 Å². The Labute approximate surface area is 63.2 Å². The van der Waals surface area contributed by atoms with E-state index in [1.807, 2.05) is 0 Å². The van der Waals surface area contributed by atoms with Crippen molar-refractivity contribution >= 4 is 13.8 Å². The van der Waals surface area contributed by atoms with Gasteiger partial charge in [0.25, 0.3) is 0 Å². The fraction of sp³-hybridized carbons (Fsp3) is 0.250. The molecule has 0 spiro atoms. The lowest BCUT2D eigenvalue weighted by molar-refractivity contribution is -0.131. The number of carbonyl (C=O) groups is 1. The predicted molar refractivity (Wildman–Crippen MR) is 36.3 cm³/mol. The van der Waals surface area contributed by atoms with Crippen molar-refractivity contribution < 1.29 is 23.3 Å². The standard InChI is InChI=1S/C4H8NO5P/c1-3(5)4(6)10-11(7,8)9-2/h1,5H2,2H3,(H,7,8). The maximum absolute atomic E-state index is 10.5. The first kappa shape index (κ1) is 10.2. The second-order valence-electron chi connectivity index (χ2n) is 1.56. The van der Waals surface area contributed by atoms with E-state index in [0.717, 1.165) is 7.11 Å². The van der Waals surface area contributed by atoms with Crippen molar-refractivity contribution in [3.8, 4) is 0 Å². The molecule has 1 atom stereocenters. The summed E-state index contributed by atoms with van der Waals surface area (Å²) in [6, 6.07) is 0.